The molecule has 1 aliphatic heterocycles. The van der Waals surface area contributed by atoms with Gasteiger partial charge in [0, 0.05) is 26.0 Å². The Morgan fingerprint density at radius 1 is 1.00 bits per heavy atom. The van der Waals surface area contributed by atoms with Gasteiger partial charge in [0.15, 0.2) is 0 Å². The molecular formula is C17H33N3O7S. The summed E-state index contributed by atoms with van der Waals surface area (Å²) in [5.74, 6) is 0.685. The number of carbonyl (C=O) groups excluding carboxylic acids is 2. The lowest BCUT2D eigenvalue weighted by Crippen LogP contribution is -2.48. The molecule has 1 rings (SSSR count). The van der Waals surface area contributed by atoms with Crippen molar-refractivity contribution in [1.82, 2.24) is 10.2 Å². The summed E-state index contributed by atoms with van der Waals surface area (Å²) in [7, 11) is 1.60. The van der Waals surface area contributed by atoms with E-state index in [0.29, 0.717) is 77.6 Å². The number of nitrogens with zero attached hydrogens (tertiary/aromatic N) is 1. The molecule has 164 valence electrons. The van der Waals surface area contributed by atoms with Gasteiger partial charge in [0.05, 0.1) is 58.7 Å². The van der Waals surface area contributed by atoms with Crippen molar-refractivity contribution >= 4 is 23.6 Å². The summed E-state index contributed by atoms with van der Waals surface area (Å²) < 4.78 is 26.0. The highest BCUT2D eigenvalue weighted by Gasteiger charge is 2.34. The van der Waals surface area contributed by atoms with Crippen LogP contribution in [0.5, 0.6) is 0 Å². The summed E-state index contributed by atoms with van der Waals surface area (Å²) in [6.45, 7) is 4.35. The van der Waals surface area contributed by atoms with Gasteiger partial charge in [0.2, 0.25) is 11.8 Å². The molecule has 1 saturated heterocycles. The first-order valence-electron chi connectivity index (χ1n) is 9.35. The van der Waals surface area contributed by atoms with E-state index in [1.165, 1.54) is 0 Å². The third kappa shape index (κ3) is 11.1. The highest BCUT2D eigenvalue weighted by atomic mass is 32.2. The van der Waals surface area contributed by atoms with Gasteiger partial charge in [0.25, 0.3) is 0 Å². The number of rotatable bonds is 17. The maximum Gasteiger partial charge on any atom is 0.249 e. The monoisotopic (exact) mass is 423 g/mol. The Kier molecular flexibility index (Phi) is 15.2. The van der Waals surface area contributed by atoms with Gasteiger partial charge in [-0.1, -0.05) is 0 Å². The van der Waals surface area contributed by atoms with Crippen LogP contribution in [0.4, 0.5) is 0 Å². The first-order chi connectivity index (χ1) is 13.7. The summed E-state index contributed by atoms with van der Waals surface area (Å²) in [6, 6.07) is -0.480. The molecule has 1 fully saturated rings. The minimum absolute atomic E-state index is 0.0656. The molecule has 0 saturated carbocycles. The second-order valence-corrected chi connectivity index (χ2v) is 6.84. The molecular weight excluding hydrogens is 390 g/mol. The fraction of sp³-hybridized carbons (Fsp3) is 0.882. The molecule has 0 spiro atoms. The number of hydrogen-bond acceptors (Lipinski definition) is 9. The number of hydrogen-bond donors (Lipinski definition) is 2. The van der Waals surface area contributed by atoms with E-state index in [0.717, 1.165) is 0 Å². The van der Waals surface area contributed by atoms with Gasteiger partial charge in [0.1, 0.15) is 12.6 Å². The average molecular weight is 424 g/mol. The SMILES string of the molecule is COCCOCCOCC(=O)N1CSCC1C(=O)NCCOCCOCCN. The molecule has 0 aromatic rings. The fourth-order valence-electron chi connectivity index (χ4n) is 2.28. The van der Waals surface area contributed by atoms with E-state index in [2.05, 4.69) is 5.32 Å². The molecule has 0 aromatic carbocycles. The summed E-state index contributed by atoms with van der Waals surface area (Å²) >= 11 is 1.55. The fourth-order valence-corrected chi connectivity index (χ4v) is 3.46. The number of methoxy groups -OCH3 is 1. The summed E-state index contributed by atoms with van der Waals surface area (Å²) in [6.07, 6.45) is 0. The van der Waals surface area contributed by atoms with Crippen molar-refractivity contribution in [1.29, 1.82) is 0 Å². The van der Waals surface area contributed by atoms with Crippen LogP contribution in [-0.4, -0.2) is 114 Å². The van der Waals surface area contributed by atoms with E-state index in [4.69, 9.17) is 29.4 Å². The lowest BCUT2D eigenvalue weighted by atomic mass is 10.2. The predicted molar refractivity (Wildman–Crippen MR) is 105 cm³/mol. The molecule has 1 unspecified atom stereocenters. The third-order valence-electron chi connectivity index (χ3n) is 3.71. The van der Waals surface area contributed by atoms with E-state index < -0.39 is 6.04 Å². The van der Waals surface area contributed by atoms with Gasteiger partial charge in [-0.05, 0) is 0 Å². The Labute approximate surface area is 170 Å². The highest BCUT2D eigenvalue weighted by molar-refractivity contribution is 7.99. The quantitative estimate of drug-likeness (QED) is 0.274. The van der Waals surface area contributed by atoms with Gasteiger partial charge in [-0.25, -0.2) is 0 Å². The molecule has 10 nitrogen and oxygen atoms in total. The second-order valence-electron chi connectivity index (χ2n) is 5.84. The van der Waals surface area contributed by atoms with Gasteiger partial charge in [-0.15, -0.1) is 11.8 Å². The van der Waals surface area contributed by atoms with Crippen LogP contribution < -0.4 is 11.1 Å². The van der Waals surface area contributed by atoms with Crippen molar-refractivity contribution in [3.63, 3.8) is 0 Å². The van der Waals surface area contributed by atoms with Crippen LogP contribution in [0.3, 0.4) is 0 Å². The zero-order chi connectivity index (χ0) is 20.5. The normalized spacial score (nSPS) is 16.5. The van der Waals surface area contributed by atoms with E-state index >= 15 is 0 Å². The Balaban J connectivity index is 2.13. The molecule has 28 heavy (non-hydrogen) atoms. The molecule has 3 N–H and O–H groups in total. The van der Waals surface area contributed by atoms with Crippen LogP contribution >= 0.6 is 11.8 Å². The molecule has 0 aromatic heterocycles. The van der Waals surface area contributed by atoms with Crippen LogP contribution in [0, 0.1) is 0 Å². The van der Waals surface area contributed by atoms with Crippen LogP contribution in [0.1, 0.15) is 0 Å². The van der Waals surface area contributed by atoms with Crippen molar-refractivity contribution < 1.29 is 33.3 Å². The molecule has 1 atom stereocenters. The summed E-state index contributed by atoms with van der Waals surface area (Å²) in [4.78, 5) is 26.2. The van der Waals surface area contributed by atoms with E-state index in [1.54, 1.807) is 23.8 Å². The topological polar surface area (TPSA) is 122 Å². The van der Waals surface area contributed by atoms with Crippen LogP contribution in [-0.2, 0) is 33.3 Å². The Hall–Kier alpha value is -0.950. The molecule has 0 aliphatic carbocycles. The number of carbonyl (C=O) groups is 2. The summed E-state index contributed by atoms with van der Waals surface area (Å²) in [5, 5.41) is 2.80. The maximum atomic E-state index is 12.3. The number of amides is 2. The Morgan fingerprint density at radius 3 is 2.36 bits per heavy atom. The van der Waals surface area contributed by atoms with E-state index in [-0.39, 0.29) is 18.4 Å². The third-order valence-corrected chi connectivity index (χ3v) is 4.73. The number of nitrogens with one attached hydrogen (secondary N) is 1. The van der Waals surface area contributed by atoms with Gasteiger partial charge >= 0.3 is 0 Å². The first-order valence-corrected chi connectivity index (χ1v) is 10.5. The van der Waals surface area contributed by atoms with Gasteiger partial charge in [-0.2, -0.15) is 0 Å². The van der Waals surface area contributed by atoms with Gasteiger partial charge in [-0.3, -0.25) is 9.59 Å². The highest BCUT2D eigenvalue weighted by Crippen LogP contribution is 2.21. The zero-order valence-corrected chi connectivity index (χ0v) is 17.4. The van der Waals surface area contributed by atoms with Gasteiger partial charge < -0.3 is 39.6 Å². The maximum absolute atomic E-state index is 12.3. The minimum Gasteiger partial charge on any atom is -0.382 e. The number of ether oxygens (including phenoxy) is 5. The zero-order valence-electron chi connectivity index (χ0n) is 16.6. The van der Waals surface area contributed by atoms with Crippen molar-refractivity contribution in [2.45, 2.75) is 6.04 Å². The molecule has 1 aliphatic rings. The van der Waals surface area contributed by atoms with Crippen LogP contribution in [0.2, 0.25) is 0 Å². The predicted octanol–water partition coefficient (Wildman–Crippen LogP) is -1.32. The molecule has 11 heteroatoms. The van der Waals surface area contributed by atoms with Crippen LogP contribution in [0.25, 0.3) is 0 Å². The van der Waals surface area contributed by atoms with E-state index in [1.807, 2.05) is 0 Å². The number of thioether (sulfide) groups is 1. The average Bonchev–Trinajstić information content (AvgIpc) is 3.19. The van der Waals surface area contributed by atoms with Crippen LogP contribution in [0.15, 0.2) is 0 Å². The van der Waals surface area contributed by atoms with E-state index in [9.17, 15) is 9.59 Å². The molecule has 1 heterocycles. The molecule has 2 amide bonds. The van der Waals surface area contributed by atoms with Crippen molar-refractivity contribution in [2.24, 2.45) is 5.73 Å². The van der Waals surface area contributed by atoms with Crippen molar-refractivity contribution in [2.75, 3.05) is 91.3 Å². The largest absolute Gasteiger partial charge is 0.382 e. The van der Waals surface area contributed by atoms with Crippen molar-refractivity contribution in [3.05, 3.63) is 0 Å². The standard InChI is InChI=1S/C17H33N3O7S/c1-23-6-7-26-10-11-27-12-16(21)20-14-28-13-15(20)17(22)19-3-5-25-9-8-24-4-2-18/h15H,2-14,18H2,1H3,(H,19,22). The minimum atomic E-state index is -0.480. The Bertz CT molecular complexity index is 432. The lowest BCUT2D eigenvalue weighted by Gasteiger charge is -2.23. The Morgan fingerprint density at radius 2 is 1.64 bits per heavy atom. The lowest BCUT2D eigenvalue weighted by molar-refractivity contribution is -0.142. The molecule has 0 bridgehead atoms. The second kappa shape index (κ2) is 17.0. The number of nitrogens with two attached hydrogens (primary N) is 1. The van der Waals surface area contributed by atoms with Crippen molar-refractivity contribution in [3.8, 4) is 0 Å². The first kappa shape index (κ1) is 25.1. The smallest absolute Gasteiger partial charge is 0.249 e. The summed E-state index contributed by atoms with van der Waals surface area (Å²) in [5.41, 5.74) is 5.31. The molecule has 0 radical (unpaired) electrons.